The van der Waals surface area contributed by atoms with Crippen LogP contribution in [0.15, 0.2) is 43.0 Å². The first-order valence-electron chi connectivity index (χ1n) is 16.4. The summed E-state index contributed by atoms with van der Waals surface area (Å²) in [5.41, 5.74) is -0.708. The van der Waals surface area contributed by atoms with Gasteiger partial charge in [-0.3, -0.25) is 24.0 Å². The lowest BCUT2D eigenvalue weighted by Gasteiger charge is -2.38. The van der Waals surface area contributed by atoms with Gasteiger partial charge in [0.25, 0.3) is 5.91 Å². The summed E-state index contributed by atoms with van der Waals surface area (Å²) in [5, 5.41) is 7.87. The molecule has 4 amide bonds. The molecule has 11 heteroatoms. The number of Topliss-reactive ketones (excluding diaryl/α,β-unsaturated/α-hetero) is 2. The number of allylic oxidation sites excluding steroid dienone is 1. The molecule has 1 saturated heterocycles. The topological polar surface area (TPSA) is 151 Å². The lowest BCUT2D eigenvalue weighted by molar-refractivity contribution is -0.145. The molecule has 11 nitrogen and oxygen atoms in total. The Labute approximate surface area is 278 Å². The molecule has 0 spiro atoms. The summed E-state index contributed by atoms with van der Waals surface area (Å²) in [4.78, 5) is 80.8. The summed E-state index contributed by atoms with van der Waals surface area (Å²) < 4.78 is 5.42. The molecule has 3 N–H and O–H groups in total. The molecule has 5 atom stereocenters. The lowest BCUT2D eigenvalue weighted by Crippen LogP contribution is -2.60. The van der Waals surface area contributed by atoms with E-state index in [1.165, 1.54) is 4.90 Å². The number of rotatable bonds is 14. The summed E-state index contributed by atoms with van der Waals surface area (Å²) in [6.07, 6.45) is 2.02. The number of benzene rings is 1. The SMILES string of the molecule is C=CCC[C@H](NC(=O)[C@@H]1[C@@H]2[C@H](CN1C(=O)[C@@H](NC(=O)OC(C)(C)C)C(C)(C)C)C2(C)C)C(=O)C(=O)NCC(=O)CCc1ccccc1. The minimum Gasteiger partial charge on any atom is -0.444 e. The molecule has 0 unspecified atom stereocenters. The molecule has 258 valence electrons. The van der Waals surface area contributed by atoms with E-state index in [2.05, 4.69) is 22.5 Å². The van der Waals surface area contributed by atoms with E-state index in [0.29, 0.717) is 19.4 Å². The highest BCUT2D eigenvalue weighted by molar-refractivity contribution is 6.38. The number of hydrogen-bond acceptors (Lipinski definition) is 7. The van der Waals surface area contributed by atoms with Crippen LogP contribution in [0, 0.1) is 22.7 Å². The van der Waals surface area contributed by atoms with Gasteiger partial charge in [-0.2, -0.15) is 0 Å². The Hall–Kier alpha value is -4.02. The molecule has 0 aromatic heterocycles. The number of alkyl carbamates (subject to hydrolysis) is 1. The van der Waals surface area contributed by atoms with Crippen LogP contribution >= 0.6 is 0 Å². The van der Waals surface area contributed by atoms with Gasteiger partial charge in [-0.25, -0.2) is 4.79 Å². The maximum atomic E-state index is 14.1. The first-order chi connectivity index (χ1) is 21.8. The number of ketones is 2. The average molecular weight is 653 g/mol. The molecular weight excluding hydrogens is 600 g/mol. The van der Waals surface area contributed by atoms with Gasteiger partial charge in [-0.1, -0.05) is 71.0 Å². The third kappa shape index (κ3) is 9.74. The summed E-state index contributed by atoms with van der Waals surface area (Å²) in [6.45, 7) is 18.4. The van der Waals surface area contributed by atoms with Crippen LogP contribution in [-0.4, -0.2) is 77.1 Å². The number of hydrogen-bond donors (Lipinski definition) is 3. The summed E-state index contributed by atoms with van der Waals surface area (Å²) >= 11 is 0. The normalized spacial score (nSPS) is 21.0. The van der Waals surface area contributed by atoms with Gasteiger partial charge in [0.2, 0.25) is 17.6 Å². The summed E-state index contributed by atoms with van der Waals surface area (Å²) in [7, 11) is 0. The second-order valence-electron chi connectivity index (χ2n) is 15.3. The molecule has 0 radical (unpaired) electrons. The van der Waals surface area contributed by atoms with E-state index in [9.17, 15) is 28.8 Å². The fourth-order valence-electron chi connectivity index (χ4n) is 6.30. The lowest BCUT2D eigenvalue weighted by atomic mass is 9.85. The number of amides is 4. The Morgan fingerprint density at radius 3 is 2.23 bits per heavy atom. The molecule has 47 heavy (non-hydrogen) atoms. The van der Waals surface area contributed by atoms with Crippen molar-refractivity contribution in [1.82, 2.24) is 20.9 Å². The van der Waals surface area contributed by atoms with Crippen LogP contribution in [0.25, 0.3) is 0 Å². The quantitative estimate of drug-likeness (QED) is 0.205. The van der Waals surface area contributed by atoms with Crippen molar-refractivity contribution in [1.29, 1.82) is 0 Å². The maximum absolute atomic E-state index is 14.1. The fraction of sp³-hybridized carbons (Fsp3) is 0.611. The van der Waals surface area contributed by atoms with Crippen molar-refractivity contribution >= 4 is 35.4 Å². The summed E-state index contributed by atoms with van der Waals surface area (Å²) in [5.74, 6) is -3.15. The van der Waals surface area contributed by atoms with E-state index >= 15 is 0 Å². The molecule has 1 aliphatic carbocycles. The van der Waals surface area contributed by atoms with Gasteiger partial charge in [-0.05, 0) is 68.3 Å². The number of aryl methyl sites for hydroxylation is 1. The zero-order chi connectivity index (χ0) is 35.3. The molecule has 1 aromatic carbocycles. The third-order valence-electron chi connectivity index (χ3n) is 9.03. The molecule has 1 heterocycles. The van der Waals surface area contributed by atoms with Crippen LogP contribution < -0.4 is 16.0 Å². The van der Waals surface area contributed by atoms with Gasteiger partial charge in [0.05, 0.1) is 12.6 Å². The molecule has 0 bridgehead atoms. The molecule has 1 aromatic rings. The van der Waals surface area contributed by atoms with Gasteiger partial charge in [0.15, 0.2) is 5.78 Å². The Kier molecular flexibility index (Phi) is 11.8. The number of nitrogens with one attached hydrogen (secondary N) is 3. The van der Waals surface area contributed by atoms with E-state index in [1.54, 1.807) is 26.8 Å². The minimum absolute atomic E-state index is 0.0527. The average Bonchev–Trinajstić information content (AvgIpc) is 3.29. The third-order valence-corrected chi connectivity index (χ3v) is 9.03. The van der Waals surface area contributed by atoms with Crippen molar-refractivity contribution in [2.24, 2.45) is 22.7 Å². The molecule has 2 fully saturated rings. The van der Waals surface area contributed by atoms with Gasteiger partial charge in [-0.15, -0.1) is 6.58 Å². The smallest absolute Gasteiger partial charge is 0.408 e. The number of piperidine rings is 1. The van der Waals surface area contributed by atoms with Crippen LogP contribution in [0.1, 0.15) is 80.2 Å². The van der Waals surface area contributed by atoms with Gasteiger partial charge >= 0.3 is 6.09 Å². The predicted octanol–water partition coefficient (Wildman–Crippen LogP) is 3.75. The maximum Gasteiger partial charge on any atom is 0.408 e. The monoisotopic (exact) mass is 652 g/mol. The van der Waals surface area contributed by atoms with E-state index in [4.69, 9.17) is 4.74 Å². The fourth-order valence-corrected chi connectivity index (χ4v) is 6.30. The molecular formula is C36H52N4O7. The molecule has 1 saturated carbocycles. The number of carbonyl (C=O) groups excluding carboxylic acids is 6. The zero-order valence-electron chi connectivity index (χ0n) is 29.1. The van der Waals surface area contributed by atoms with Gasteiger partial charge in [0, 0.05) is 13.0 Å². The van der Waals surface area contributed by atoms with Gasteiger partial charge < -0.3 is 25.6 Å². The Morgan fingerprint density at radius 2 is 1.66 bits per heavy atom. The Balaban J connectivity index is 1.73. The number of carbonyl (C=O) groups is 6. The van der Waals surface area contributed by atoms with E-state index in [1.807, 2.05) is 65.0 Å². The number of likely N-dealkylation sites (tertiary alicyclic amines) is 1. The second-order valence-corrected chi connectivity index (χ2v) is 15.3. The van der Waals surface area contributed by atoms with Crippen LogP contribution in [0.2, 0.25) is 0 Å². The summed E-state index contributed by atoms with van der Waals surface area (Å²) in [6, 6.07) is 6.39. The van der Waals surface area contributed by atoms with Crippen LogP contribution in [0.4, 0.5) is 4.79 Å². The molecule has 2 aliphatic rings. The first-order valence-corrected chi connectivity index (χ1v) is 16.4. The highest BCUT2D eigenvalue weighted by atomic mass is 16.6. The van der Waals surface area contributed by atoms with Crippen molar-refractivity contribution in [3.63, 3.8) is 0 Å². The van der Waals surface area contributed by atoms with Crippen molar-refractivity contribution in [3.8, 4) is 0 Å². The van der Waals surface area contributed by atoms with E-state index < -0.39 is 58.7 Å². The van der Waals surface area contributed by atoms with Crippen molar-refractivity contribution < 1.29 is 33.5 Å². The highest BCUT2D eigenvalue weighted by Crippen LogP contribution is 2.65. The number of ether oxygens (including phenoxy) is 1. The minimum atomic E-state index is -1.18. The van der Waals surface area contributed by atoms with Crippen molar-refractivity contribution in [2.75, 3.05) is 13.1 Å². The number of fused-ring (bicyclic) bond motifs is 1. The van der Waals surface area contributed by atoms with Crippen LogP contribution in [-0.2, 0) is 35.1 Å². The second kappa shape index (κ2) is 14.8. The van der Waals surface area contributed by atoms with Crippen molar-refractivity contribution in [3.05, 3.63) is 48.6 Å². The first kappa shape index (κ1) is 37.4. The Morgan fingerprint density at radius 1 is 1.02 bits per heavy atom. The highest BCUT2D eigenvalue weighted by Gasteiger charge is 2.70. The van der Waals surface area contributed by atoms with Crippen molar-refractivity contribution in [2.45, 2.75) is 105 Å². The zero-order valence-corrected chi connectivity index (χ0v) is 29.1. The Bertz CT molecular complexity index is 1360. The van der Waals surface area contributed by atoms with Crippen LogP contribution in [0.3, 0.4) is 0 Å². The predicted molar refractivity (Wildman–Crippen MR) is 178 cm³/mol. The molecule has 3 rings (SSSR count). The molecule has 1 aliphatic heterocycles. The number of nitrogens with zero attached hydrogens (tertiary/aromatic N) is 1. The van der Waals surface area contributed by atoms with Gasteiger partial charge in [0.1, 0.15) is 17.7 Å². The van der Waals surface area contributed by atoms with Crippen LogP contribution in [0.5, 0.6) is 0 Å². The van der Waals surface area contributed by atoms with E-state index in [0.717, 1.165) is 5.56 Å². The van der Waals surface area contributed by atoms with E-state index in [-0.39, 0.29) is 42.4 Å². The largest absolute Gasteiger partial charge is 0.444 e. The standard InChI is InChI=1S/C36H52N4O7/c1-10-11-17-25(28(42)31(44)37-20-23(41)19-18-22-15-13-12-14-16-22)38-30(43)27-26-24(36(26,8)9)21-40(27)32(45)29(34(2,3)4)39-33(46)47-35(5,6)7/h10,12-16,24-27,29H,1,11,17-21H2,2-9H3,(H,37,44)(H,38,43)(H,39,46)/t24-,25-,26-,27-,29+/m0/s1.